The van der Waals surface area contributed by atoms with Gasteiger partial charge in [-0.1, -0.05) is 0 Å². The average molecular weight is 257 g/mol. The van der Waals surface area contributed by atoms with Crippen LogP contribution in [0, 0.1) is 0 Å². The van der Waals surface area contributed by atoms with Crippen LogP contribution >= 0.6 is 0 Å². The number of carbonyl (C=O) groups is 2. The number of carboxylic acids is 1. The van der Waals surface area contributed by atoms with Crippen molar-refractivity contribution in [3.8, 4) is 0 Å². The molecule has 0 aliphatic carbocycles. The molecule has 0 saturated carbocycles. The summed E-state index contributed by atoms with van der Waals surface area (Å²) in [4.78, 5) is 26.4. The molecule has 18 heavy (non-hydrogen) atoms. The first kappa shape index (κ1) is 13.1. The van der Waals surface area contributed by atoms with Gasteiger partial charge in [-0.05, 0) is 0 Å². The van der Waals surface area contributed by atoms with E-state index in [1.165, 1.54) is 0 Å². The van der Waals surface area contributed by atoms with Crippen molar-refractivity contribution in [1.82, 2.24) is 15.1 Å². The van der Waals surface area contributed by atoms with E-state index in [1.807, 2.05) is 0 Å². The van der Waals surface area contributed by atoms with E-state index >= 15 is 0 Å². The lowest BCUT2D eigenvalue weighted by Gasteiger charge is -2.37. The average Bonchev–Trinajstić information content (AvgIpc) is 2.38. The van der Waals surface area contributed by atoms with Crippen LogP contribution in [0.25, 0.3) is 0 Å². The minimum Gasteiger partial charge on any atom is -0.481 e. The molecule has 7 nitrogen and oxygen atoms in total. The van der Waals surface area contributed by atoms with Crippen molar-refractivity contribution in [3.63, 3.8) is 0 Å². The number of nitrogens with one attached hydrogen (secondary N) is 1. The SMILES string of the molecule is O=C(O)CC1CN(C(=O)N2CCNCC2)CCO1. The van der Waals surface area contributed by atoms with E-state index in [0.717, 1.165) is 13.1 Å². The first-order chi connectivity index (χ1) is 8.66. The second-order valence-electron chi connectivity index (χ2n) is 4.56. The molecule has 2 heterocycles. The molecule has 0 radical (unpaired) electrons. The lowest BCUT2D eigenvalue weighted by Crippen LogP contribution is -2.55. The van der Waals surface area contributed by atoms with E-state index in [4.69, 9.17) is 9.84 Å². The molecule has 0 aromatic carbocycles. The van der Waals surface area contributed by atoms with Gasteiger partial charge in [0.15, 0.2) is 0 Å². The van der Waals surface area contributed by atoms with E-state index in [1.54, 1.807) is 9.80 Å². The summed E-state index contributed by atoms with van der Waals surface area (Å²) in [5.41, 5.74) is 0. The number of morpholine rings is 1. The van der Waals surface area contributed by atoms with Crippen LogP contribution in [-0.2, 0) is 9.53 Å². The van der Waals surface area contributed by atoms with Crippen molar-refractivity contribution in [3.05, 3.63) is 0 Å². The molecule has 0 spiro atoms. The lowest BCUT2D eigenvalue weighted by molar-refractivity contribution is -0.141. The van der Waals surface area contributed by atoms with Crippen LogP contribution in [-0.4, -0.2) is 78.9 Å². The van der Waals surface area contributed by atoms with E-state index in [9.17, 15) is 9.59 Å². The Morgan fingerprint density at radius 2 is 1.94 bits per heavy atom. The molecule has 0 bridgehead atoms. The summed E-state index contributed by atoms with van der Waals surface area (Å²) in [6, 6.07) is -0.00445. The fourth-order valence-electron chi connectivity index (χ4n) is 2.27. The number of ether oxygens (including phenoxy) is 1. The Balaban J connectivity index is 1.87. The number of urea groups is 1. The number of rotatable bonds is 2. The quantitative estimate of drug-likeness (QED) is 0.676. The number of nitrogens with zero attached hydrogens (tertiary/aromatic N) is 2. The summed E-state index contributed by atoms with van der Waals surface area (Å²) in [5.74, 6) is -0.892. The van der Waals surface area contributed by atoms with Crippen LogP contribution < -0.4 is 5.32 Å². The van der Waals surface area contributed by atoms with E-state index in [2.05, 4.69) is 5.32 Å². The first-order valence-electron chi connectivity index (χ1n) is 6.25. The Morgan fingerprint density at radius 3 is 2.61 bits per heavy atom. The highest BCUT2D eigenvalue weighted by atomic mass is 16.5. The van der Waals surface area contributed by atoms with Gasteiger partial charge in [0.2, 0.25) is 0 Å². The Labute approximate surface area is 106 Å². The number of aliphatic carboxylic acids is 1. The molecule has 0 aromatic heterocycles. The third-order valence-electron chi connectivity index (χ3n) is 3.20. The molecule has 2 amide bonds. The molecule has 2 N–H and O–H groups in total. The van der Waals surface area contributed by atoms with E-state index in [-0.39, 0.29) is 18.6 Å². The predicted molar refractivity (Wildman–Crippen MR) is 63.4 cm³/mol. The fraction of sp³-hybridized carbons (Fsp3) is 0.818. The molecule has 7 heteroatoms. The first-order valence-corrected chi connectivity index (χ1v) is 6.25. The molecule has 2 aliphatic rings. The molecule has 2 rings (SSSR count). The molecule has 2 fully saturated rings. The Bertz CT molecular complexity index is 317. The number of amides is 2. The third kappa shape index (κ3) is 3.33. The zero-order valence-electron chi connectivity index (χ0n) is 10.3. The van der Waals surface area contributed by atoms with Crippen LogP contribution in [0.4, 0.5) is 4.79 Å². The molecule has 0 aromatic rings. The molecule has 102 valence electrons. The number of carboxylic acid groups (broad SMARTS) is 1. The van der Waals surface area contributed by atoms with E-state index < -0.39 is 5.97 Å². The molecular formula is C11H19N3O4. The third-order valence-corrected chi connectivity index (χ3v) is 3.20. The standard InChI is InChI=1S/C11H19N3O4/c15-10(16)7-9-8-14(5-6-18-9)11(17)13-3-1-12-2-4-13/h9,12H,1-8H2,(H,15,16). The highest BCUT2D eigenvalue weighted by Crippen LogP contribution is 2.11. The van der Waals surface area contributed by atoms with Gasteiger partial charge in [-0.2, -0.15) is 0 Å². The minimum atomic E-state index is -0.892. The lowest BCUT2D eigenvalue weighted by atomic mass is 10.2. The smallest absolute Gasteiger partial charge is 0.320 e. The van der Waals surface area contributed by atoms with E-state index in [0.29, 0.717) is 32.8 Å². The summed E-state index contributed by atoms with van der Waals surface area (Å²) in [6.45, 7) is 4.37. The summed E-state index contributed by atoms with van der Waals surface area (Å²) < 4.78 is 5.35. The van der Waals surface area contributed by atoms with Crippen molar-refractivity contribution in [2.75, 3.05) is 45.9 Å². The monoisotopic (exact) mass is 257 g/mol. The summed E-state index contributed by atoms with van der Waals surface area (Å²) in [5, 5.41) is 11.9. The summed E-state index contributed by atoms with van der Waals surface area (Å²) >= 11 is 0. The molecular weight excluding hydrogens is 238 g/mol. The number of hydrogen-bond donors (Lipinski definition) is 2. The van der Waals surface area contributed by atoms with Gasteiger partial charge >= 0.3 is 12.0 Å². The van der Waals surface area contributed by atoms with Crippen LogP contribution in [0.15, 0.2) is 0 Å². The highest BCUT2D eigenvalue weighted by Gasteiger charge is 2.29. The highest BCUT2D eigenvalue weighted by molar-refractivity contribution is 5.75. The maximum Gasteiger partial charge on any atom is 0.320 e. The van der Waals surface area contributed by atoms with Crippen LogP contribution in [0.5, 0.6) is 0 Å². The topological polar surface area (TPSA) is 82.1 Å². The number of hydrogen-bond acceptors (Lipinski definition) is 4. The summed E-state index contributed by atoms with van der Waals surface area (Å²) in [6.07, 6.45) is -0.436. The van der Waals surface area contributed by atoms with Crippen molar-refractivity contribution in [1.29, 1.82) is 0 Å². The van der Waals surface area contributed by atoms with Gasteiger partial charge in [-0.3, -0.25) is 4.79 Å². The van der Waals surface area contributed by atoms with Gasteiger partial charge < -0.3 is 25.0 Å². The maximum atomic E-state index is 12.2. The van der Waals surface area contributed by atoms with Crippen molar-refractivity contribution >= 4 is 12.0 Å². The normalized spacial score (nSPS) is 25.0. The second-order valence-corrected chi connectivity index (χ2v) is 4.56. The molecule has 2 aliphatic heterocycles. The van der Waals surface area contributed by atoms with Gasteiger partial charge in [0.05, 0.1) is 19.1 Å². The number of carbonyl (C=O) groups excluding carboxylic acids is 1. The Hall–Kier alpha value is -1.34. The predicted octanol–water partition coefficient (Wildman–Crippen LogP) is -0.813. The fourth-order valence-corrected chi connectivity index (χ4v) is 2.27. The Morgan fingerprint density at radius 1 is 1.22 bits per heavy atom. The molecule has 1 atom stereocenters. The van der Waals surface area contributed by atoms with Crippen LogP contribution in [0.1, 0.15) is 6.42 Å². The van der Waals surface area contributed by atoms with Gasteiger partial charge in [-0.25, -0.2) is 4.79 Å². The van der Waals surface area contributed by atoms with Crippen molar-refractivity contribution in [2.24, 2.45) is 0 Å². The van der Waals surface area contributed by atoms with Gasteiger partial charge in [0.25, 0.3) is 0 Å². The summed E-state index contributed by atoms with van der Waals surface area (Å²) in [7, 11) is 0. The van der Waals surface area contributed by atoms with Gasteiger partial charge in [-0.15, -0.1) is 0 Å². The molecule has 1 unspecified atom stereocenters. The number of piperazine rings is 1. The van der Waals surface area contributed by atoms with Crippen LogP contribution in [0.3, 0.4) is 0 Å². The molecule has 2 saturated heterocycles. The zero-order chi connectivity index (χ0) is 13.0. The van der Waals surface area contributed by atoms with Crippen molar-refractivity contribution < 1.29 is 19.4 Å². The van der Waals surface area contributed by atoms with Crippen molar-refractivity contribution in [2.45, 2.75) is 12.5 Å². The minimum absolute atomic E-state index is 0.00445. The maximum absolute atomic E-state index is 12.2. The second kappa shape index (κ2) is 6.01. The van der Waals surface area contributed by atoms with Gasteiger partial charge in [0.1, 0.15) is 0 Å². The van der Waals surface area contributed by atoms with Gasteiger partial charge in [0, 0.05) is 39.3 Å². The van der Waals surface area contributed by atoms with Crippen LogP contribution in [0.2, 0.25) is 0 Å². The zero-order valence-corrected chi connectivity index (χ0v) is 10.3. The Kier molecular flexibility index (Phi) is 4.38. The largest absolute Gasteiger partial charge is 0.481 e.